The Morgan fingerprint density at radius 1 is 1.19 bits per heavy atom. The van der Waals surface area contributed by atoms with Crippen LogP contribution in [0.1, 0.15) is 50.3 Å². The van der Waals surface area contributed by atoms with Gasteiger partial charge in [-0.25, -0.2) is 4.79 Å². The molecule has 6 heteroatoms. The number of piperidine rings is 1. The van der Waals surface area contributed by atoms with Gasteiger partial charge in [0.1, 0.15) is 17.1 Å². The molecule has 2 aromatic carbocycles. The number of hydrogen-bond acceptors (Lipinski definition) is 5. The van der Waals surface area contributed by atoms with E-state index in [4.69, 9.17) is 19.3 Å². The molecule has 0 spiro atoms. The highest BCUT2D eigenvalue weighted by Crippen LogP contribution is 2.52. The van der Waals surface area contributed by atoms with E-state index in [2.05, 4.69) is 30.9 Å². The van der Waals surface area contributed by atoms with E-state index in [9.17, 15) is 4.79 Å². The van der Waals surface area contributed by atoms with Crippen LogP contribution in [0.15, 0.2) is 48.5 Å². The van der Waals surface area contributed by atoms with E-state index in [1.807, 2.05) is 36.4 Å². The lowest BCUT2D eigenvalue weighted by Gasteiger charge is -2.54. The van der Waals surface area contributed by atoms with Gasteiger partial charge < -0.3 is 19.3 Å². The Hall–Kier alpha value is -2.57. The molecule has 0 aromatic heterocycles. The number of ether oxygens (including phenoxy) is 3. The second-order valence-electron chi connectivity index (χ2n) is 9.65. The van der Waals surface area contributed by atoms with Crippen molar-refractivity contribution in [2.24, 2.45) is 5.92 Å². The van der Waals surface area contributed by atoms with Gasteiger partial charge in [0.25, 0.3) is 0 Å². The smallest absolute Gasteiger partial charge is 0.341 e. The summed E-state index contributed by atoms with van der Waals surface area (Å²) in [4.78, 5) is 13.5. The number of hydrogen-bond donors (Lipinski definition) is 1. The molecule has 1 N–H and O–H groups in total. The molecule has 170 valence electrons. The Balaban J connectivity index is 1.38. The molecular weight excluding hydrogens is 406 g/mol. The minimum absolute atomic E-state index is 0.0577. The molecule has 0 unspecified atom stereocenters. The molecule has 4 atom stereocenters. The van der Waals surface area contributed by atoms with Crippen LogP contribution in [-0.4, -0.2) is 46.9 Å². The quantitative estimate of drug-likeness (QED) is 0.746. The maximum atomic E-state index is 11.0. The van der Waals surface area contributed by atoms with Crippen molar-refractivity contribution in [3.63, 3.8) is 0 Å². The minimum Gasteiger partial charge on any atom is -0.487 e. The van der Waals surface area contributed by atoms with Gasteiger partial charge in [-0.1, -0.05) is 36.4 Å². The largest absolute Gasteiger partial charge is 0.487 e. The van der Waals surface area contributed by atoms with Crippen LogP contribution < -0.4 is 9.47 Å². The summed E-state index contributed by atoms with van der Waals surface area (Å²) in [6, 6.07) is 16.3. The van der Waals surface area contributed by atoms with Gasteiger partial charge in [-0.3, -0.25) is 4.90 Å². The number of carboxylic acid groups (broad SMARTS) is 1. The molecule has 5 rings (SSSR count). The van der Waals surface area contributed by atoms with E-state index in [0.29, 0.717) is 11.8 Å². The van der Waals surface area contributed by atoms with Crippen molar-refractivity contribution in [2.45, 2.75) is 63.5 Å². The zero-order chi connectivity index (χ0) is 22.3. The fraction of sp³-hybridized carbons (Fsp3) is 0.500. The topological polar surface area (TPSA) is 68.2 Å². The van der Waals surface area contributed by atoms with E-state index in [-0.39, 0.29) is 30.3 Å². The van der Waals surface area contributed by atoms with Gasteiger partial charge >= 0.3 is 5.97 Å². The third kappa shape index (κ3) is 3.97. The Bertz CT molecular complexity index is 990. The number of likely N-dealkylation sites (tertiary alicyclic amines) is 1. The third-order valence-electron chi connectivity index (χ3n) is 7.20. The van der Waals surface area contributed by atoms with Crippen LogP contribution in [0, 0.1) is 5.92 Å². The molecule has 2 fully saturated rings. The Labute approximate surface area is 189 Å². The summed E-state index contributed by atoms with van der Waals surface area (Å²) in [5, 5.41) is 9.01. The summed E-state index contributed by atoms with van der Waals surface area (Å²) < 4.78 is 18.8. The van der Waals surface area contributed by atoms with Crippen LogP contribution >= 0.6 is 0 Å². The Morgan fingerprint density at radius 2 is 1.97 bits per heavy atom. The zero-order valence-electron chi connectivity index (χ0n) is 18.7. The predicted molar refractivity (Wildman–Crippen MR) is 120 cm³/mol. The fourth-order valence-electron chi connectivity index (χ4n) is 5.65. The summed E-state index contributed by atoms with van der Waals surface area (Å²) in [6.07, 6.45) is 3.39. The highest BCUT2D eigenvalue weighted by Gasteiger charge is 2.52. The van der Waals surface area contributed by atoms with Crippen molar-refractivity contribution >= 4 is 5.97 Å². The predicted octanol–water partition coefficient (Wildman–Crippen LogP) is 4.43. The van der Waals surface area contributed by atoms with Crippen LogP contribution in [0.5, 0.6) is 11.5 Å². The highest BCUT2D eigenvalue weighted by molar-refractivity contribution is 5.68. The van der Waals surface area contributed by atoms with Crippen molar-refractivity contribution in [3.05, 3.63) is 59.7 Å². The van der Waals surface area contributed by atoms with Crippen LogP contribution in [0.25, 0.3) is 0 Å². The first-order valence-electron chi connectivity index (χ1n) is 11.5. The standard InChI is InChI=1S/C26H31NO5/c1-26(2)19-14-20-23(31-25(19)18-9-4-6-11-22(18)32-26)12-7-13-27(20)15-17-8-3-5-10-21(17)30-16-24(28)29/h3-6,8-11,19-20,23,25H,7,12-16H2,1-2H3,(H,28,29)/t19-,20-,23-,25+/m0/s1. The number of carbonyl (C=O) groups is 1. The van der Waals surface area contributed by atoms with Crippen LogP contribution in [0.2, 0.25) is 0 Å². The molecule has 0 saturated carbocycles. The highest BCUT2D eigenvalue weighted by atomic mass is 16.5. The van der Waals surface area contributed by atoms with E-state index >= 15 is 0 Å². The summed E-state index contributed by atoms with van der Waals surface area (Å²) in [6.45, 7) is 5.72. The van der Waals surface area contributed by atoms with Gasteiger partial charge in [-0.15, -0.1) is 0 Å². The molecule has 3 aliphatic heterocycles. The number of carboxylic acids is 1. The van der Waals surface area contributed by atoms with Crippen molar-refractivity contribution in [1.82, 2.24) is 4.90 Å². The lowest BCUT2D eigenvalue weighted by atomic mass is 9.72. The molecule has 32 heavy (non-hydrogen) atoms. The second kappa shape index (κ2) is 8.41. The summed E-state index contributed by atoms with van der Waals surface area (Å²) in [5.74, 6) is 0.874. The van der Waals surface area contributed by atoms with Crippen molar-refractivity contribution < 1.29 is 24.1 Å². The number of fused-ring (bicyclic) bond motifs is 4. The average molecular weight is 438 g/mol. The van der Waals surface area contributed by atoms with Gasteiger partial charge in [0, 0.05) is 29.6 Å². The molecule has 3 heterocycles. The number of nitrogens with zero attached hydrogens (tertiary/aromatic N) is 1. The number of para-hydroxylation sites is 2. The van der Waals surface area contributed by atoms with E-state index in [0.717, 1.165) is 43.7 Å². The Morgan fingerprint density at radius 3 is 2.81 bits per heavy atom. The van der Waals surface area contributed by atoms with Gasteiger partial charge in [0.15, 0.2) is 6.61 Å². The van der Waals surface area contributed by atoms with Gasteiger partial charge in [0.2, 0.25) is 0 Å². The zero-order valence-corrected chi connectivity index (χ0v) is 18.7. The van der Waals surface area contributed by atoms with E-state index < -0.39 is 5.97 Å². The van der Waals surface area contributed by atoms with Crippen LogP contribution in [0.3, 0.4) is 0 Å². The number of rotatable bonds is 5. The second-order valence-corrected chi connectivity index (χ2v) is 9.65. The van der Waals surface area contributed by atoms with Gasteiger partial charge in [-0.05, 0) is 51.8 Å². The maximum Gasteiger partial charge on any atom is 0.341 e. The first-order valence-corrected chi connectivity index (χ1v) is 11.5. The van der Waals surface area contributed by atoms with E-state index in [1.165, 1.54) is 5.56 Å². The third-order valence-corrected chi connectivity index (χ3v) is 7.20. The summed E-state index contributed by atoms with van der Waals surface area (Å²) in [5.41, 5.74) is 1.87. The molecule has 0 aliphatic carbocycles. The Kier molecular flexibility index (Phi) is 5.59. The summed E-state index contributed by atoms with van der Waals surface area (Å²) >= 11 is 0. The van der Waals surface area contributed by atoms with Gasteiger partial charge in [-0.2, -0.15) is 0 Å². The van der Waals surface area contributed by atoms with E-state index in [1.54, 1.807) is 0 Å². The normalized spacial score (nSPS) is 28.6. The first kappa shape index (κ1) is 21.3. The molecule has 2 saturated heterocycles. The lowest BCUT2D eigenvalue weighted by Crippen LogP contribution is -2.58. The monoisotopic (exact) mass is 437 g/mol. The van der Waals surface area contributed by atoms with Crippen LogP contribution in [-0.2, 0) is 16.1 Å². The lowest BCUT2D eigenvalue weighted by molar-refractivity contribution is -0.190. The maximum absolute atomic E-state index is 11.0. The molecule has 0 bridgehead atoms. The SMILES string of the molecule is CC1(C)Oc2ccccc2[C@H]2O[C@H]3CCCN(Cc4ccccc4OCC(=O)O)[C@H]3C[C@@H]21. The molecule has 2 aromatic rings. The molecule has 0 amide bonds. The summed E-state index contributed by atoms with van der Waals surface area (Å²) in [7, 11) is 0. The molecular formula is C26H31NO5. The molecule has 3 aliphatic rings. The molecule has 0 radical (unpaired) electrons. The van der Waals surface area contributed by atoms with Crippen molar-refractivity contribution in [3.8, 4) is 11.5 Å². The number of aliphatic carboxylic acids is 1. The minimum atomic E-state index is -0.968. The fourth-order valence-corrected chi connectivity index (χ4v) is 5.65. The first-order chi connectivity index (χ1) is 15.4. The number of benzene rings is 2. The molecule has 6 nitrogen and oxygen atoms in total. The van der Waals surface area contributed by atoms with Crippen LogP contribution in [0.4, 0.5) is 0 Å². The average Bonchev–Trinajstić information content (AvgIpc) is 2.77. The van der Waals surface area contributed by atoms with Gasteiger partial charge in [0.05, 0.1) is 12.2 Å². The van der Waals surface area contributed by atoms with Crippen molar-refractivity contribution in [1.29, 1.82) is 0 Å². The van der Waals surface area contributed by atoms with Crippen molar-refractivity contribution in [2.75, 3.05) is 13.2 Å².